The lowest BCUT2D eigenvalue weighted by molar-refractivity contribution is -0.136. The summed E-state index contributed by atoms with van der Waals surface area (Å²) < 4.78 is 2.09. The van der Waals surface area contributed by atoms with Gasteiger partial charge in [-0.25, -0.2) is 4.98 Å². The molecule has 0 fully saturated rings. The number of aromatic nitrogens is 1. The van der Waals surface area contributed by atoms with Crippen LogP contribution in [0.2, 0.25) is 0 Å². The standard InChI is InChI=1S/C10H9NO2S2.HN3/c12-9(13)5-6-14-10-11-7-3-1-2-4-8(7)15-10;1-3-2/h1-4H,5-6H2,(H,12,13);1H. The van der Waals surface area contributed by atoms with Crippen LogP contribution in [0.15, 0.2) is 28.6 Å². The first kappa shape index (κ1) is 14.3. The van der Waals surface area contributed by atoms with Crippen molar-refractivity contribution in [2.45, 2.75) is 10.8 Å². The first-order valence-electron chi connectivity index (χ1n) is 4.88. The quantitative estimate of drug-likeness (QED) is 0.385. The molecule has 1 heterocycles. The molecule has 94 valence electrons. The van der Waals surface area contributed by atoms with Crippen molar-refractivity contribution in [3.05, 3.63) is 34.7 Å². The molecule has 2 rings (SSSR count). The second kappa shape index (κ2) is 7.54. The summed E-state index contributed by atoms with van der Waals surface area (Å²) in [6.45, 7) is 0. The molecule has 0 aliphatic rings. The van der Waals surface area contributed by atoms with E-state index in [0.717, 1.165) is 14.6 Å². The van der Waals surface area contributed by atoms with Gasteiger partial charge in [0.05, 0.1) is 16.6 Å². The third-order valence-corrected chi connectivity index (χ3v) is 4.00. The molecular formula is C10H10N4O2S2. The van der Waals surface area contributed by atoms with Crippen LogP contribution in [0.5, 0.6) is 0 Å². The van der Waals surface area contributed by atoms with Crippen molar-refractivity contribution in [1.82, 2.24) is 4.98 Å². The predicted molar refractivity (Wildman–Crippen MR) is 72.0 cm³/mol. The fourth-order valence-electron chi connectivity index (χ4n) is 1.14. The van der Waals surface area contributed by atoms with Crippen molar-refractivity contribution in [2.24, 2.45) is 0 Å². The monoisotopic (exact) mass is 282 g/mol. The molecule has 18 heavy (non-hydrogen) atoms. The van der Waals surface area contributed by atoms with E-state index in [0.29, 0.717) is 5.75 Å². The number of thiazole rings is 1. The Labute approximate surface area is 111 Å². The number of para-hydroxylation sites is 1. The maximum absolute atomic E-state index is 10.3. The number of aliphatic carboxylic acids is 1. The molecule has 2 aromatic rings. The lowest BCUT2D eigenvalue weighted by Crippen LogP contribution is -1.95. The maximum Gasteiger partial charge on any atom is 0.304 e. The number of benzene rings is 1. The fraction of sp³-hybridized carbons (Fsp3) is 0.200. The minimum Gasteiger partial charge on any atom is -0.481 e. The van der Waals surface area contributed by atoms with Gasteiger partial charge in [-0.3, -0.25) is 4.79 Å². The molecule has 0 aliphatic heterocycles. The molecule has 0 unspecified atom stereocenters. The van der Waals surface area contributed by atoms with Gasteiger partial charge in [-0.2, -0.15) is 0 Å². The molecule has 0 spiro atoms. The molecular weight excluding hydrogens is 272 g/mol. The van der Waals surface area contributed by atoms with E-state index in [1.165, 1.54) is 11.8 Å². The van der Waals surface area contributed by atoms with E-state index in [-0.39, 0.29) is 6.42 Å². The van der Waals surface area contributed by atoms with Crippen molar-refractivity contribution in [1.29, 1.82) is 5.53 Å². The van der Waals surface area contributed by atoms with Crippen LogP contribution in [0.25, 0.3) is 20.7 Å². The topological polar surface area (TPSA) is 110 Å². The van der Waals surface area contributed by atoms with Gasteiger partial charge >= 0.3 is 5.97 Å². The molecule has 2 N–H and O–H groups in total. The van der Waals surface area contributed by atoms with Gasteiger partial charge in [0.15, 0.2) is 4.34 Å². The van der Waals surface area contributed by atoms with E-state index >= 15 is 0 Å². The van der Waals surface area contributed by atoms with E-state index in [2.05, 4.69) is 4.98 Å². The highest BCUT2D eigenvalue weighted by atomic mass is 32.2. The average Bonchev–Trinajstić information content (AvgIpc) is 2.72. The predicted octanol–water partition coefficient (Wildman–Crippen LogP) is 3.74. The van der Waals surface area contributed by atoms with E-state index in [1.807, 2.05) is 24.3 Å². The molecule has 0 saturated heterocycles. The molecule has 6 nitrogen and oxygen atoms in total. The Bertz CT molecular complexity index is 531. The van der Waals surface area contributed by atoms with Gasteiger partial charge in [-0.05, 0) is 22.6 Å². The second-order valence-corrected chi connectivity index (χ2v) is 5.41. The largest absolute Gasteiger partial charge is 0.481 e. The van der Waals surface area contributed by atoms with Gasteiger partial charge in [-0.15, -0.1) is 16.9 Å². The van der Waals surface area contributed by atoms with Crippen LogP contribution in [0.1, 0.15) is 6.42 Å². The van der Waals surface area contributed by atoms with E-state index < -0.39 is 5.97 Å². The molecule has 0 amide bonds. The SMILES string of the molecule is O=C(O)CCSc1nc2ccccc2s1.[N-]=[N+]=N. The van der Waals surface area contributed by atoms with Gasteiger partial charge in [0, 0.05) is 5.75 Å². The summed E-state index contributed by atoms with van der Waals surface area (Å²) in [4.78, 5) is 16.5. The average molecular weight is 282 g/mol. The minimum absolute atomic E-state index is 0.181. The Morgan fingerprint density at radius 3 is 2.83 bits per heavy atom. The third-order valence-electron chi connectivity index (χ3n) is 1.82. The molecule has 1 aromatic carbocycles. The lowest BCUT2D eigenvalue weighted by atomic mass is 10.3. The molecule has 0 radical (unpaired) electrons. The number of carbonyl (C=O) groups is 1. The summed E-state index contributed by atoms with van der Waals surface area (Å²) >= 11 is 3.11. The zero-order chi connectivity index (χ0) is 13.4. The van der Waals surface area contributed by atoms with Gasteiger partial charge < -0.3 is 5.11 Å². The normalized spacial score (nSPS) is 9.33. The second-order valence-electron chi connectivity index (χ2n) is 3.04. The highest BCUT2D eigenvalue weighted by Gasteiger charge is 2.04. The number of nitrogens with zero attached hydrogens (tertiary/aromatic N) is 3. The number of thioether (sulfide) groups is 1. The van der Waals surface area contributed by atoms with Crippen molar-refractivity contribution in [2.75, 3.05) is 5.75 Å². The van der Waals surface area contributed by atoms with Gasteiger partial charge in [0.1, 0.15) is 0 Å². The van der Waals surface area contributed by atoms with Crippen LogP contribution in [0.4, 0.5) is 0 Å². The fourth-order valence-corrected chi connectivity index (χ4v) is 3.20. The Balaban J connectivity index is 0.000000492. The van der Waals surface area contributed by atoms with Gasteiger partial charge in [0.2, 0.25) is 0 Å². The summed E-state index contributed by atoms with van der Waals surface area (Å²) in [5.41, 5.74) is 13.2. The molecule has 0 bridgehead atoms. The summed E-state index contributed by atoms with van der Waals surface area (Å²) in [6, 6.07) is 7.92. The highest BCUT2D eigenvalue weighted by molar-refractivity contribution is 8.01. The molecule has 8 heteroatoms. The van der Waals surface area contributed by atoms with E-state index in [1.54, 1.807) is 16.2 Å². The first-order chi connectivity index (χ1) is 8.67. The van der Waals surface area contributed by atoms with E-state index in [9.17, 15) is 4.79 Å². The number of carboxylic acid groups (broad SMARTS) is 1. The highest BCUT2D eigenvalue weighted by Crippen LogP contribution is 2.29. The molecule has 0 saturated carbocycles. The Morgan fingerprint density at radius 1 is 1.56 bits per heavy atom. The van der Waals surface area contributed by atoms with E-state index in [4.69, 9.17) is 16.2 Å². The molecule has 0 atom stereocenters. The molecule has 0 aliphatic carbocycles. The van der Waals surface area contributed by atoms with Gasteiger partial charge in [-0.1, -0.05) is 23.9 Å². The zero-order valence-electron chi connectivity index (χ0n) is 9.24. The number of hydrogen-bond acceptors (Lipinski definition) is 5. The Kier molecular flexibility index (Phi) is 5.99. The van der Waals surface area contributed by atoms with Crippen molar-refractivity contribution < 1.29 is 9.90 Å². The number of rotatable bonds is 4. The van der Waals surface area contributed by atoms with Crippen LogP contribution in [0.3, 0.4) is 0 Å². The number of carboxylic acids is 1. The number of fused-ring (bicyclic) bond motifs is 1. The minimum atomic E-state index is -0.761. The summed E-state index contributed by atoms with van der Waals surface area (Å²) in [5.74, 6) is -0.182. The summed E-state index contributed by atoms with van der Waals surface area (Å²) in [5, 5.41) is 8.50. The summed E-state index contributed by atoms with van der Waals surface area (Å²) in [6.07, 6.45) is 0.181. The van der Waals surface area contributed by atoms with Crippen molar-refractivity contribution >= 4 is 39.3 Å². The Hall–Kier alpha value is -1.76. The van der Waals surface area contributed by atoms with Crippen molar-refractivity contribution in [3.8, 4) is 0 Å². The Morgan fingerprint density at radius 2 is 2.22 bits per heavy atom. The maximum atomic E-state index is 10.3. The smallest absolute Gasteiger partial charge is 0.304 e. The van der Waals surface area contributed by atoms with Crippen LogP contribution < -0.4 is 0 Å². The lowest BCUT2D eigenvalue weighted by Gasteiger charge is -1.91. The van der Waals surface area contributed by atoms with Crippen LogP contribution in [-0.2, 0) is 4.79 Å². The number of hydrogen-bond donors (Lipinski definition) is 2. The van der Waals surface area contributed by atoms with Crippen LogP contribution in [-0.4, -0.2) is 21.8 Å². The van der Waals surface area contributed by atoms with Crippen LogP contribution >= 0.6 is 23.1 Å². The first-order valence-corrected chi connectivity index (χ1v) is 6.68. The van der Waals surface area contributed by atoms with Crippen molar-refractivity contribution in [3.63, 3.8) is 0 Å². The zero-order valence-corrected chi connectivity index (χ0v) is 10.9. The summed E-state index contributed by atoms with van der Waals surface area (Å²) in [7, 11) is 0. The van der Waals surface area contributed by atoms with Gasteiger partial charge in [0.25, 0.3) is 0 Å². The van der Waals surface area contributed by atoms with Crippen LogP contribution in [0, 0.1) is 5.53 Å². The molecule has 1 aromatic heterocycles. The number of nitrogens with one attached hydrogen (secondary N) is 1. The third kappa shape index (κ3) is 4.62.